The van der Waals surface area contributed by atoms with Crippen LogP contribution in [-0.2, 0) is 16.0 Å². The van der Waals surface area contributed by atoms with E-state index in [0.29, 0.717) is 0 Å². The lowest BCUT2D eigenvalue weighted by Crippen LogP contribution is -2.48. The van der Waals surface area contributed by atoms with E-state index in [9.17, 15) is 14.7 Å². The van der Waals surface area contributed by atoms with E-state index in [2.05, 4.69) is 4.98 Å². The summed E-state index contributed by atoms with van der Waals surface area (Å²) in [5, 5.41) is 11.2. The van der Waals surface area contributed by atoms with Crippen LogP contribution in [0.1, 0.15) is 22.7 Å². The summed E-state index contributed by atoms with van der Waals surface area (Å²) in [6.45, 7) is 0. The molecule has 1 heterocycles. The number of hydrogen-bond acceptors (Lipinski definition) is 4. The van der Waals surface area contributed by atoms with Crippen LogP contribution >= 0.6 is 0 Å². The fourth-order valence-electron chi connectivity index (χ4n) is 4.70. The van der Waals surface area contributed by atoms with Gasteiger partial charge in [0, 0.05) is 18.0 Å². The molecule has 6 nitrogen and oxygen atoms in total. The molecular weight excluding hydrogens is 416 g/mol. The molecule has 1 aromatic heterocycles. The highest BCUT2D eigenvalue weighted by Gasteiger charge is 2.42. The van der Waals surface area contributed by atoms with Crippen molar-refractivity contribution in [2.24, 2.45) is 0 Å². The van der Waals surface area contributed by atoms with Crippen molar-refractivity contribution in [1.82, 2.24) is 9.88 Å². The fraction of sp³-hybridized carbons (Fsp3) is 0.148. The van der Waals surface area contributed by atoms with Crippen molar-refractivity contribution in [2.75, 3.05) is 7.11 Å². The van der Waals surface area contributed by atoms with Gasteiger partial charge in [0.25, 0.3) is 0 Å². The number of hydrogen-bond donors (Lipinski definition) is 1. The highest BCUT2D eigenvalue weighted by atomic mass is 16.5. The van der Waals surface area contributed by atoms with Gasteiger partial charge in [-0.2, -0.15) is 0 Å². The monoisotopic (exact) mass is 438 g/mol. The molecule has 1 unspecified atom stereocenters. The Morgan fingerprint density at radius 2 is 1.58 bits per heavy atom. The number of para-hydroxylation sites is 1. The summed E-state index contributed by atoms with van der Waals surface area (Å²) >= 11 is 0. The molecule has 6 heteroatoms. The molecule has 1 N–H and O–H groups in total. The first-order valence-corrected chi connectivity index (χ1v) is 10.7. The molecule has 0 saturated carbocycles. The molecule has 1 atom stereocenters. The lowest BCUT2D eigenvalue weighted by atomic mass is 9.98. The summed E-state index contributed by atoms with van der Waals surface area (Å²) < 4.78 is 5.10. The molecule has 1 amide bonds. The van der Waals surface area contributed by atoms with Crippen LogP contribution in [0.2, 0.25) is 0 Å². The second kappa shape index (κ2) is 8.39. The molecule has 33 heavy (non-hydrogen) atoms. The number of aliphatic carboxylic acids is 1. The number of carboxylic acid groups (broad SMARTS) is 1. The Morgan fingerprint density at radius 1 is 0.970 bits per heavy atom. The van der Waals surface area contributed by atoms with E-state index in [1.807, 2.05) is 78.9 Å². The first-order valence-electron chi connectivity index (χ1n) is 10.7. The predicted octanol–water partition coefficient (Wildman–Crippen LogP) is 5.07. The number of aromatic nitrogens is 1. The SMILES string of the molecule is COC(=O)N(C(Cc1cnc2ccccc2c1)C(=O)O)C1c2ccccc2-c2ccccc21. The van der Waals surface area contributed by atoms with Gasteiger partial charge in [0.15, 0.2) is 0 Å². The summed E-state index contributed by atoms with van der Waals surface area (Å²) in [5.74, 6) is -1.10. The van der Waals surface area contributed by atoms with Crippen LogP contribution < -0.4 is 0 Å². The van der Waals surface area contributed by atoms with Crippen LogP contribution in [0.4, 0.5) is 4.79 Å². The summed E-state index contributed by atoms with van der Waals surface area (Å²) in [6.07, 6.45) is 1.08. The molecule has 0 aliphatic heterocycles. The number of carbonyl (C=O) groups excluding carboxylic acids is 1. The van der Waals surface area contributed by atoms with Gasteiger partial charge in [-0.15, -0.1) is 0 Å². The highest BCUT2D eigenvalue weighted by Crippen LogP contribution is 2.47. The maximum atomic E-state index is 13.1. The van der Waals surface area contributed by atoms with Gasteiger partial charge in [0.05, 0.1) is 18.7 Å². The largest absolute Gasteiger partial charge is 0.480 e. The standard InChI is InChI=1S/C27H22N2O4/c1-33-27(32)29(25-21-11-5-3-9-19(21)20-10-4-6-12-22(20)25)24(26(30)31)15-17-14-18-8-2-7-13-23(18)28-16-17/h2-14,16,24-25H,15H2,1H3,(H,30,31). The number of benzene rings is 3. The van der Waals surface area contributed by atoms with Gasteiger partial charge < -0.3 is 9.84 Å². The average molecular weight is 438 g/mol. The Bertz CT molecular complexity index is 1320. The van der Waals surface area contributed by atoms with Crippen LogP contribution in [-0.4, -0.2) is 40.2 Å². The normalized spacial score (nSPS) is 13.2. The first-order chi connectivity index (χ1) is 16.1. The number of ether oxygens (including phenoxy) is 1. The third kappa shape index (κ3) is 3.59. The number of amides is 1. The minimum atomic E-state index is -1.15. The van der Waals surface area contributed by atoms with Gasteiger partial charge in [0.1, 0.15) is 6.04 Å². The van der Waals surface area contributed by atoms with Crippen molar-refractivity contribution in [2.45, 2.75) is 18.5 Å². The lowest BCUT2D eigenvalue weighted by molar-refractivity contribution is -0.143. The zero-order chi connectivity index (χ0) is 22.9. The van der Waals surface area contributed by atoms with Crippen LogP contribution in [0.5, 0.6) is 0 Å². The van der Waals surface area contributed by atoms with Gasteiger partial charge in [-0.3, -0.25) is 9.88 Å². The van der Waals surface area contributed by atoms with E-state index in [1.54, 1.807) is 6.20 Å². The maximum absolute atomic E-state index is 13.1. The van der Waals surface area contributed by atoms with E-state index in [1.165, 1.54) is 12.0 Å². The molecule has 0 radical (unpaired) electrons. The molecule has 0 saturated heterocycles. The molecule has 0 fully saturated rings. The van der Waals surface area contributed by atoms with Gasteiger partial charge in [-0.25, -0.2) is 9.59 Å². The van der Waals surface area contributed by atoms with Gasteiger partial charge in [0.2, 0.25) is 0 Å². The van der Waals surface area contributed by atoms with Crippen LogP contribution in [0, 0.1) is 0 Å². The predicted molar refractivity (Wildman–Crippen MR) is 125 cm³/mol. The molecule has 164 valence electrons. The Balaban J connectivity index is 1.61. The van der Waals surface area contributed by atoms with Crippen molar-refractivity contribution in [3.05, 3.63) is 102 Å². The Hall–Kier alpha value is -4.19. The molecule has 0 bridgehead atoms. The zero-order valence-electron chi connectivity index (χ0n) is 18.0. The highest BCUT2D eigenvalue weighted by molar-refractivity contribution is 5.85. The number of methoxy groups -OCH3 is 1. The Labute approximate surface area is 191 Å². The molecule has 1 aliphatic rings. The van der Waals surface area contributed by atoms with Crippen molar-refractivity contribution >= 4 is 23.0 Å². The summed E-state index contributed by atoms with van der Waals surface area (Å²) in [4.78, 5) is 31.4. The molecule has 0 spiro atoms. The number of carboxylic acids is 1. The van der Waals surface area contributed by atoms with E-state index >= 15 is 0 Å². The van der Waals surface area contributed by atoms with Gasteiger partial charge in [-0.1, -0.05) is 66.7 Å². The Morgan fingerprint density at radius 3 is 2.21 bits per heavy atom. The molecule has 5 rings (SSSR count). The van der Waals surface area contributed by atoms with E-state index in [4.69, 9.17) is 4.74 Å². The topological polar surface area (TPSA) is 79.7 Å². The number of carbonyl (C=O) groups is 2. The van der Waals surface area contributed by atoms with E-state index in [0.717, 1.165) is 38.7 Å². The second-order valence-electron chi connectivity index (χ2n) is 8.05. The minimum Gasteiger partial charge on any atom is -0.480 e. The smallest absolute Gasteiger partial charge is 0.411 e. The van der Waals surface area contributed by atoms with Crippen LogP contribution in [0.3, 0.4) is 0 Å². The number of rotatable bonds is 5. The molecule has 3 aromatic carbocycles. The summed E-state index contributed by atoms with van der Waals surface area (Å²) in [6, 6.07) is 23.4. The Kier molecular flexibility index (Phi) is 5.26. The number of nitrogens with zero attached hydrogens (tertiary/aromatic N) is 2. The van der Waals surface area contributed by atoms with E-state index < -0.39 is 24.1 Å². The fourth-order valence-corrected chi connectivity index (χ4v) is 4.70. The quantitative estimate of drug-likeness (QED) is 0.471. The summed E-state index contributed by atoms with van der Waals surface area (Å²) in [7, 11) is 1.28. The minimum absolute atomic E-state index is 0.100. The molecular formula is C27H22N2O4. The van der Waals surface area contributed by atoms with Crippen molar-refractivity contribution < 1.29 is 19.4 Å². The maximum Gasteiger partial charge on any atom is 0.411 e. The van der Waals surface area contributed by atoms with Gasteiger partial charge >= 0.3 is 12.1 Å². The van der Waals surface area contributed by atoms with E-state index in [-0.39, 0.29) is 6.42 Å². The number of pyridine rings is 1. The first kappa shape index (κ1) is 20.7. The van der Waals surface area contributed by atoms with Crippen LogP contribution in [0.25, 0.3) is 22.0 Å². The third-order valence-electron chi connectivity index (χ3n) is 6.16. The zero-order valence-corrected chi connectivity index (χ0v) is 18.0. The lowest BCUT2D eigenvalue weighted by Gasteiger charge is -2.34. The molecule has 1 aliphatic carbocycles. The van der Waals surface area contributed by atoms with Crippen molar-refractivity contribution in [3.63, 3.8) is 0 Å². The number of fused-ring (bicyclic) bond motifs is 4. The summed E-state index contributed by atoms with van der Waals surface area (Å²) in [5.41, 5.74) is 5.30. The molecule has 4 aromatic rings. The average Bonchev–Trinajstić information content (AvgIpc) is 3.17. The van der Waals surface area contributed by atoms with Crippen LogP contribution in [0.15, 0.2) is 85.1 Å². The van der Waals surface area contributed by atoms with Crippen molar-refractivity contribution in [1.29, 1.82) is 0 Å². The van der Waals surface area contributed by atoms with Gasteiger partial charge in [-0.05, 0) is 39.9 Å². The van der Waals surface area contributed by atoms with Crippen molar-refractivity contribution in [3.8, 4) is 11.1 Å². The second-order valence-corrected chi connectivity index (χ2v) is 8.05. The third-order valence-corrected chi connectivity index (χ3v) is 6.16.